The van der Waals surface area contributed by atoms with E-state index in [-0.39, 0.29) is 6.42 Å². The summed E-state index contributed by atoms with van der Waals surface area (Å²) in [7, 11) is 0. The molecule has 0 amide bonds. The van der Waals surface area contributed by atoms with Gasteiger partial charge in [-0.2, -0.15) is 0 Å². The van der Waals surface area contributed by atoms with Crippen molar-refractivity contribution >= 4 is 11.9 Å². The molecular weight excluding hydrogens is 148 g/mol. The molecule has 0 aliphatic carbocycles. The topological polar surface area (TPSA) is 63.6 Å². The van der Waals surface area contributed by atoms with Crippen molar-refractivity contribution in [2.45, 2.75) is 32.8 Å². The van der Waals surface area contributed by atoms with Gasteiger partial charge in [0.1, 0.15) is 0 Å². The van der Waals surface area contributed by atoms with E-state index >= 15 is 0 Å². The number of rotatable bonds is 4. The minimum atomic E-state index is -1.12. The lowest BCUT2D eigenvalue weighted by atomic mass is 10.3. The van der Waals surface area contributed by atoms with E-state index in [1.165, 1.54) is 6.92 Å². The van der Waals surface area contributed by atoms with E-state index in [0.717, 1.165) is 0 Å². The maximum Gasteiger partial charge on any atom is 0.344 e. The van der Waals surface area contributed by atoms with Crippen molar-refractivity contribution in [3.8, 4) is 0 Å². The first-order valence-corrected chi connectivity index (χ1v) is 3.50. The van der Waals surface area contributed by atoms with E-state index in [2.05, 4.69) is 4.74 Å². The van der Waals surface area contributed by atoms with Crippen LogP contribution in [-0.4, -0.2) is 23.1 Å². The van der Waals surface area contributed by atoms with Crippen LogP contribution in [0, 0.1) is 0 Å². The van der Waals surface area contributed by atoms with Gasteiger partial charge in [0, 0.05) is 6.42 Å². The van der Waals surface area contributed by atoms with E-state index in [4.69, 9.17) is 5.11 Å². The molecule has 0 radical (unpaired) electrons. The van der Waals surface area contributed by atoms with Crippen molar-refractivity contribution in [3.63, 3.8) is 0 Å². The molecule has 0 aromatic carbocycles. The summed E-state index contributed by atoms with van der Waals surface area (Å²) in [5, 5.41) is 8.32. The Hall–Kier alpha value is -1.06. The minimum absolute atomic E-state index is 0.275. The highest BCUT2D eigenvalue weighted by Gasteiger charge is 2.14. The van der Waals surface area contributed by atoms with Crippen LogP contribution in [0.4, 0.5) is 0 Å². The lowest BCUT2D eigenvalue weighted by molar-refractivity contribution is -0.162. The molecule has 0 aliphatic heterocycles. The molecule has 0 saturated heterocycles. The third kappa shape index (κ3) is 4.36. The van der Waals surface area contributed by atoms with Crippen LogP contribution in [0.1, 0.15) is 26.7 Å². The minimum Gasteiger partial charge on any atom is -0.479 e. The normalized spacial score (nSPS) is 12.2. The summed E-state index contributed by atoms with van der Waals surface area (Å²) in [4.78, 5) is 20.8. The molecule has 0 aromatic rings. The van der Waals surface area contributed by atoms with Crippen LogP contribution in [0.5, 0.6) is 0 Å². The number of carbonyl (C=O) groups is 2. The number of hydrogen-bond acceptors (Lipinski definition) is 3. The largest absolute Gasteiger partial charge is 0.479 e. The number of aliphatic carboxylic acids is 1. The van der Waals surface area contributed by atoms with Crippen molar-refractivity contribution in [2.24, 2.45) is 0 Å². The molecule has 0 aromatic heterocycles. The second-order valence-corrected chi connectivity index (χ2v) is 2.22. The Balaban J connectivity index is 3.66. The molecule has 11 heavy (non-hydrogen) atoms. The molecule has 0 spiro atoms. The Labute approximate surface area is 65.2 Å². The summed E-state index contributed by atoms with van der Waals surface area (Å²) < 4.78 is 4.51. The SMILES string of the molecule is CCCC(=O)O[C@H](C)C(=O)O. The third-order valence-corrected chi connectivity index (χ3v) is 1.11. The quantitative estimate of drug-likeness (QED) is 0.618. The Kier molecular flexibility index (Phi) is 4.26. The maximum absolute atomic E-state index is 10.7. The maximum atomic E-state index is 10.7. The van der Waals surface area contributed by atoms with E-state index in [9.17, 15) is 9.59 Å². The molecule has 0 saturated carbocycles. The number of carboxylic acids is 1. The van der Waals surface area contributed by atoms with Gasteiger partial charge in [0.2, 0.25) is 0 Å². The fraction of sp³-hybridized carbons (Fsp3) is 0.714. The molecule has 0 fully saturated rings. The summed E-state index contributed by atoms with van der Waals surface area (Å²) in [6.45, 7) is 3.16. The molecule has 4 nitrogen and oxygen atoms in total. The number of hydrogen-bond donors (Lipinski definition) is 1. The molecule has 64 valence electrons. The van der Waals surface area contributed by atoms with E-state index < -0.39 is 18.0 Å². The van der Waals surface area contributed by atoms with Crippen LogP contribution in [0.2, 0.25) is 0 Å². The molecule has 0 rings (SSSR count). The van der Waals surface area contributed by atoms with Gasteiger partial charge in [-0.1, -0.05) is 6.92 Å². The highest BCUT2D eigenvalue weighted by atomic mass is 16.6. The Bertz CT molecular complexity index is 153. The highest BCUT2D eigenvalue weighted by Crippen LogP contribution is 1.96. The first-order valence-electron chi connectivity index (χ1n) is 3.50. The predicted octanol–water partition coefficient (Wildman–Crippen LogP) is 0.803. The van der Waals surface area contributed by atoms with Gasteiger partial charge in [-0.15, -0.1) is 0 Å². The summed E-state index contributed by atoms with van der Waals surface area (Å²) in [5.41, 5.74) is 0. The highest BCUT2D eigenvalue weighted by molar-refractivity contribution is 5.77. The second-order valence-electron chi connectivity index (χ2n) is 2.22. The van der Waals surface area contributed by atoms with Gasteiger partial charge < -0.3 is 9.84 Å². The van der Waals surface area contributed by atoms with Crippen LogP contribution in [-0.2, 0) is 14.3 Å². The fourth-order valence-electron chi connectivity index (χ4n) is 0.511. The molecular formula is C7H12O4. The van der Waals surface area contributed by atoms with E-state index in [0.29, 0.717) is 6.42 Å². The number of esters is 1. The first-order chi connectivity index (χ1) is 5.07. The monoisotopic (exact) mass is 160 g/mol. The summed E-state index contributed by atoms with van der Waals surface area (Å²) >= 11 is 0. The van der Waals surface area contributed by atoms with Gasteiger partial charge in [-0.3, -0.25) is 4.79 Å². The number of carbonyl (C=O) groups excluding carboxylic acids is 1. The molecule has 0 unspecified atom stereocenters. The zero-order chi connectivity index (χ0) is 8.85. The van der Waals surface area contributed by atoms with Crippen LogP contribution in [0.3, 0.4) is 0 Å². The average Bonchev–Trinajstić information content (AvgIpc) is 1.87. The molecule has 0 bridgehead atoms. The van der Waals surface area contributed by atoms with Crippen LogP contribution in [0.15, 0.2) is 0 Å². The van der Waals surface area contributed by atoms with Crippen molar-refractivity contribution in [1.29, 1.82) is 0 Å². The Morgan fingerprint density at radius 1 is 1.55 bits per heavy atom. The first kappa shape index (κ1) is 9.94. The Morgan fingerprint density at radius 2 is 2.09 bits per heavy atom. The van der Waals surface area contributed by atoms with E-state index in [1.807, 2.05) is 6.92 Å². The molecule has 0 aliphatic rings. The van der Waals surface area contributed by atoms with Gasteiger partial charge >= 0.3 is 11.9 Å². The molecule has 0 heterocycles. The number of ether oxygens (including phenoxy) is 1. The molecule has 1 atom stereocenters. The van der Waals surface area contributed by atoms with Gasteiger partial charge in [0.05, 0.1) is 0 Å². The van der Waals surface area contributed by atoms with Gasteiger partial charge in [0.25, 0.3) is 0 Å². The van der Waals surface area contributed by atoms with Crippen molar-refractivity contribution < 1.29 is 19.4 Å². The average molecular weight is 160 g/mol. The third-order valence-electron chi connectivity index (χ3n) is 1.11. The Morgan fingerprint density at radius 3 is 2.45 bits per heavy atom. The standard InChI is InChI=1S/C7H12O4/c1-3-4-6(8)11-5(2)7(9)10/h5H,3-4H2,1-2H3,(H,9,10)/t5-/m1/s1. The molecule has 1 N–H and O–H groups in total. The summed E-state index contributed by atoms with van der Waals surface area (Å²) in [6.07, 6.45) is -0.0861. The number of carboxylic acid groups (broad SMARTS) is 1. The van der Waals surface area contributed by atoms with Crippen LogP contribution in [0.25, 0.3) is 0 Å². The summed E-state index contributed by atoms with van der Waals surface area (Å²) in [6, 6.07) is 0. The van der Waals surface area contributed by atoms with Crippen molar-refractivity contribution in [1.82, 2.24) is 0 Å². The van der Waals surface area contributed by atoms with E-state index in [1.54, 1.807) is 0 Å². The van der Waals surface area contributed by atoms with Gasteiger partial charge in [-0.25, -0.2) is 4.79 Å². The summed E-state index contributed by atoms with van der Waals surface area (Å²) in [5.74, 6) is -1.57. The van der Waals surface area contributed by atoms with Gasteiger partial charge in [-0.05, 0) is 13.3 Å². The van der Waals surface area contributed by atoms with Crippen molar-refractivity contribution in [2.75, 3.05) is 0 Å². The fourth-order valence-corrected chi connectivity index (χ4v) is 0.511. The van der Waals surface area contributed by atoms with Crippen LogP contribution < -0.4 is 0 Å². The van der Waals surface area contributed by atoms with Crippen molar-refractivity contribution in [3.05, 3.63) is 0 Å². The van der Waals surface area contributed by atoms with Crippen LogP contribution >= 0.6 is 0 Å². The van der Waals surface area contributed by atoms with Gasteiger partial charge in [0.15, 0.2) is 6.10 Å². The zero-order valence-corrected chi connectivity index (χ0v) is 6.66. The predicted molar refractivity (Wildman–Crippen MR) is 38.1 cm³/mol. The smallest absolute Gasteiger partial charge is 0.344 e. The zero-order valence-electron chi connectivity index (χ0n) is 6.66. The lowest BCUT2D eigenvalue weighted by Crippen LogP contribution is -2.23. The lowest BCUT2D eigenvalue weighted by Gasteiger charge is -2.06. The second kappa shape index (κ2) is 4.71. The molecule has 4 heteroatoms.